The van der Waals surface area contributed by atoms with Gasteiger partial charge in [0.05, 0.1) is 25.9 Å². The van der Waals surface area contributed by atoms with Gasteiger partial charge in [-0.1, -0.05) is 0 Å². The van der Waals surface area contributed by atoms with Crippen LogP contribution in [0.4, 0.5) is 0 Å². The molecule has 80 valence electrons. The van der Waals surface area contributed by atoms with E-state index in [1.807, 2.05) is 14.0 Å². The Bertz CT molecular complexity index is 201. The van der Waals surface area contributed by atoms with E-state index in [1.54, 1.807) is 0 Å². The topological polar surface area (TPSA) is 30.5 Å². The van der Waals surface area contributed by atoms with E-state index < -0.39 is 0 Å². The summed E-state index contributed by atoms with van der Waals surface area (Å²) in [7, 11) is 1.96. The highest BCUT2D eigenvalue weighted by Gasteiger charge is 2.22. The van der Waals surface area contributed by atoms with Crippen LogP contribution in [0, 0.1) is 11.8 Å². The van der Waals surface area contributed by atoms with Gasteiger partial charge in [0, 0.05) is 12.5 Å². The van der Waals surface area contributed by atoms with Gasteiger partial charge in [-0.3, -0.25) is 0 Å². The van der Waals surface area contributed by atoms with Gasteiger partial charge in [0.15, 0.2) is 0 Å². The van der Waals surface area contributed by atoms with E-state index in [4.69, 9.17) is 9.47 Å². The number of hydrogen-bond acceptors (Lipinski definition) is 3. The van der Waals surface area contributed by atoms with Crippen molar-refractivity contribution in [3.8, 4) is 11.8 Å². The Labute approximate surface area is 86.2 Å². The first-order chi connectivity index (χ1) is 6.88. The molecule has 1 rings (SSSR count). The summed E-state index contributed by atoms with van der Waals surface area (Å²) in [5.41, 5.74) is 0. The van der Waals surface area contributed by atoms with Crippen molar-refractivity contribution >= 4 is 0 Å². The minimum atomic E-state index is 0.187. The average Bonchev–Trinajstić information content (AvgIpc) is 2.26. The Morgan fingerprint density at radius 3 is 2.93 bits per heavy atom. The van der Waals surface area contributed by atoms with Crippen LogP contribution in [0.1, 0.15) is 19.8 Å². The van der Waals surface area contributed by atoms with E-state index in [9.17, 15) is 0 Å². The second-order valence-electron chi connectivity index (χ2n) is 3.34. The smallest absolute Gasteiger partial charge is 0.0962 e. The van der Waals surface area contributed by atoms with Gasteiger partial charge in [-0.2, -0.15) is 0 Å². The summed E-state index contributed by atoms with van der Waals surface area (Å²) < 4.78 is 11.0. The molecular formula is C11H19NO2. The van der Waals surface area contributed by atoms with Crippen LogP contribution in [0.25, 0.3) is 0 Å². The van der Waals surface area contributed by atoms with Gasteiger partial charge < -0.3 is 14.8 Å². The van der Waals surface area contributed by atoms with Crippen molar-refractivity contribution in [3.63, 3.8) is 0 Å². The predicted molar refractivity (Wildman–Crippen MR) is 56.1 cm³/mol. The van der Waals surface area contributed by atoms with Gasteiger partial charge in [0.2, 0.25) is 0 Å². The van der Waals surface area contributed by atoms with Crippen molar-refractivity contribution in [1.29, 1.82) is 0 Å². The number of nitrogens with one attached hydrogen (secondary N) is 1. The van der Waals surface area contributed by atoms with E-state index in [0.717, 1.165) is 19.4 Å². The second kappa shape index (κ2) is 6.83. The molecule has 0 aromatic rings. The molecule has 0 aromatic heterocycles. The maximum absolute atomic E-state index is 5.63. The third-order valence-electron chi connectivity index (χ3n) is 2.42. The quantitative estimate of drug-likeness (QED) is 0.676. The summed E-state index contributed by atoms with van der Waals surface area (Å²) in [4.78, 5) is 0. The lowest BCUT2D eigenvalue weighted by Gasteiger charge is -2.29. The fourth-order valence-electron chi connectivity index (χ4n) is 1.61. The molecular weight excluding hydrogens is 178 g/mol. The fourth-order valence-corrected chi connectivity index (χ4v) is 1.61. The third-order valence-corrected chi connectivity index (χ3v) is 2.42. The first-order valence-electron chi connectivity index (χ1n) is 5.14. The molecule has 1 saturated heterocycles. The molecule has 3 heteroatoms. The summed E-state index contributed by atoms with van der Waals surface area (Å²) in [6.07, 6.45) is 2.13. The lowest BCUT2D eigenvalue weighted by Crippen LogP contribution is -2.45. The monoisotopic (exact) mass is 197 g/mol. The molecule has 0 aliphatic carbocycles. The molecule has 0 aromatic carbocycles. The van der Waals surface area contributed by atoms with Crippen LogP contribution in [-0.2, 0) is 9.47 Å². The second-order valence-corrected chi connectivity index (χ2v) is 3.34. The van der Waals surface area contributed by atoms with Crippen LogP contribution in [0.15, 0.2) is 0 Å². The lowest BCUT2D eigenvalue weighted by atomic mass is 10.1. The maximum Gasteiger partial charge on any atom is 0.0962 e. The first kappa shape index (κ1) is 11.5. The Morgan fingerprint density at radius 2 is 2.36 bits per heavy atom. The van der Waals surface area contributed by atoms with Crippen LogP contribution in [0.3, 0.4) is 0 Å². The molecule has 1 aliphatic heterocycles. The first-order valence-corrected chi connectivity index (χ1v) is 5.14. The Kier molecular flexibility index (Phi) is 5.62. The van der Waals surface area contributed by atoms with E-state index >= 15 is 0 Å². The highest BCUT2D eigenvalue weighted by Crippen LogP contribution is 2.10. The standard InChI is InChI=1S/C11H19NO2/c1-3-4-5-6-10(12-2)11-9-13-7-8-14-11/h10-12H,5-9H2,1-2H3. The van der Waals surface area contributed by atoms with Crippen LogP contribution >= 0.6 is 0 Å². The Morgan fingerprint density at radius 1 is 1.50 bits per heavy atom. The molecule has 0 radical (unpaired) electrons. The average molecular weight is 197 g/mol. The summed E-state index contributed by atoms with van der Waals surface area (Å²) in [6.45, 7) is 4.00. The predicted octanol–water partition coefficient (Wildman–Crippen LogP) is 0.793. The van der Waals surface area contributed by atoms with E-state index in [2.05, 4.69) is 17.2 Å². The van der Waals surface area contributed by atoms with Gasteiger partial charge >= 0.3 is 0 Å². The normalized spacial score (nSPS) is 23.7. The Balaban J connectivity index is 2.30. The van der Waals surface area contributed by atoms with Crippen molar-refractivity contribution in [1.82, 2.24) is 5.32 Å². The van der Waals surface area contributed by atoms with Crippen molar-refractivity contribution in [2.45, 2.75) is 31.9 Å². The maximum atomic E-state index is 5.63. The molecule has 0 bridgehead atoms. The van der Waals surface area contributed by atoms with E-state index in [-0.39, 0.29) is 6.10 Å². The van der Waals surface area contributed by atoms with E-state index in [1.165, 1.54) is 0 Å². The van der Waals surface area contributed by atoms with Crippen molar-refractivity contribution in [2.24, 2.45) is 0 Å². The van der Waals surface area contributed by atoms with Crippen LogP contribution < -0.4 is 5.32 Å². The summed E-state index contributed by atoms with van der Waals surface area (Å²) in [5.74, 6) is 5.97. The van der Waals surface area contributed by atoms with Crippen LogP contribution in [-0.4, -0.2) is 39.0 Å². The minimum absolute atomic E-state index is 0.187. The van der Waals surface area contributed by atoms with Gasteiger partial charge in [-0.05, 0) is 20.4 Å². The number of hydrogen-bond donors (Lipinski definition) is 1. The Hall–Kier alpha value is -0.560. The molecule has 1 fully saturated rings. The zero-order chi connectivity index (χ0) is 10.2. The van der Waals surface area contributed by atoms with Gasteiger partial charge in [0.1, 0.15) is 0 Å². The molecule has 1 aliphatic rings. The fraction of sp³-hybridized carbons (Fsp3) is 0.818. The summed E-state index contributed by atoms with van der Waals surface area (Å²) >= 11 is 0. The number of likely N-dealkylation sites (N-methyl/N-ethyl adjacent to an activating group) is 1. The molecule has 0 saturated carbocycles. The molecule has 3 nitrogen and oxygen atoms in total. The van der Waals surface area contributed by atoms with Gasteiger partial charge in [0.25, 0.3) is 0 Å². The molecule has 0 amide bonds. The zero-order valence-electron chi connectivity index (χ0n) is 9.01. The van der Waals surface area contributed by atoms with Crippen molar-refractivity contribution in [3.05, 3.63) is 0 Å². The molecule has 1 N–H and O–H groups in total. The van der Waals surface area contributed by atoms with Gasteiger partial charge in [-0.25, -0.2) is 0 Å². The molecule has 14 heavy (non-hydrogen) atoms. The van der Waals surface area contributed by atoms with Crippen LogP contribution in [0.5, 0.6) is 0 Å². The third kappa shape index (κ3) is 3.67. The summed E-state index contributed by atoms with van der Waals surface area (Å²) in [6, 6.07) is 0.358. The van der Waals surface area contributed by atoms with E-state index in [0.29, 0.717) is 19.3 Å². The largest absolute Gasteiger partial charge is 0.376 e. The highest BCUT2D eigenvalue weighted by atomic mass is 16.6. The van der Waals surface area contributed by atoms with Crippen molar-refractivity contribution < 1.29 is 9.47 Å². The number of ether oxygens (including phenoxy) is 2. The highest BCUT2D eigenvalue weighted by molar-refractivity contribution is 4.96. The summed E-state index contributed by atoms with van der Waals surface area (Å²) in [5, 5.41) is 3.26. The van der Waals surface area contributed by atoms with Crippen LogP contribution in [0.2, 0.25) is 0 Å². The molecule has 1 heterocycles. The van der Waals surface area contributed by atoms with Crippen molar-refractivity contribution in [2.75, 3.05) is 26.9 Å². The molecule has 0 spiro atoms. The molecule has 2 unspecified atom stereocenters. The molecule has 2 atom stereocenters. The lowest BCUT2D eigenvalue weighted by molar-refractivity contribution is -0.101. The SMILES string of the molecule is CC#CCCC(NC)C1COCCO1. The zero-order valence-corrected chi connectivity index (χ0v) is 9.01. The van der Waals surface area contributed by atoms with Gasteiger partial charge in [-0.15, -0.1) is 11.8 Å². The number of rotatable bonds is 4. The minimum Gasteiger partial charge on any atom is -0.376 e.